The summed E-state index contributed by atoms with van der Waals surface area (Å²) in [6.07, 6.45) is 2.03. The van der Waals surface area contributed by atoms with E-state index in [2.05, 4.69) is 26.3 Å². The molecule has 0 saturated carbocycles. The Morgan fingerprint density at radius 1 is 0.837 bits per heavy atom. The largest absolute Gasteiger partial charge is 0.463 e. The van der Waals surface area contributed by atoms with Crippen LogP contribution in [0, 0.1) is 23.7 Å². The molecule has 43 heavy (non-hydrogen) atoms. The van der Waals surface area contributed by atoms with Gasteiger partial charge in [0.2, 0.25) is 23.6 Å². The first-order valence-corrected chi connectivity index (χ1v) is 14.9. The SMILES string of the molecule is CC(C)CNC(=O)C(NC(=O)C(C)CCC(CC(C)C)NC(=O)C(CC(=O)NCc1ccncc1)N(O)C(=O)O)C(C)C. The van der Waals surface area contributed by atoms with Crippen LogP contribution in [-0.2, 0) is 25.7 Å². The molecular formula is C30H50N6O7. The van der Waals surface area contributed by atoms with Crippen molar-refractivity contribution in [3.05, 3.63) is 30.1 Å². The molecule has 0 fully saturated rings. The van der Waals surface area contributed by atoms with E-state index in [0.717, 1.165) is 5.56 Å². The molecule has 13 nitrogen and oxygen atoms in total. The molecule has 0 spiro atoms. The number of aromatic nitrogens is 1. The van der Waals surface area contributed by atoms with Crippen molar-refractivity contribution in [2.45, 2.75) is 98.8 Å². The quantitative estimate of drug-likeness (QED) is 0.109. The highest BCUT2D eigenvalue weighted by Crippen LogP contribution is 2.17. The number of carbonyl (C=O) groups is 5. The molecule has 0 aliphatic carbocycles. The van der Waals surface area contributed by atoms with Gasteiger partial charge >= 0.3 is 6.09 Å². The van der Waals surface area contributed by atoms with E-state index in [0.29, 0.717) is 25.8 Å². The minimum absolute atomic E-state index is 0.120. The van der Waals surface area contributed by atoms with Crippen molar-refractivity contribution in [2.75, 3.05) is 6.54 Å². The highest BCUT2D eigenvalue weighted by Gasteiger charge is 2.33. The third-order valence-electron chi connectivity index (χ3n) is 6.84. The van der Waals surface area contributed by atoms with E-state index in [1.807, 2.05) is 41.5 Å². The summed E-state index contributed by atoms with van der Waals surface area (Å²) in [5.74, 6) is -2.15. The zero-order valence-electron chi connectivity index (χ0n) is 26.4. The fraction of sp³-hybridized carbons (Fsp3) is 0.667. The van der Waals surface area contributed by atoms with Crippen LogP contribution < -0.4 is 21.3 Å². The molecule has 0 aliphatic heterocycles. The maximum Gasteiger partial charge on any atom is 0.432 e. The molecular weight excluding hydrogens is 556 g/mol. The topological polar surface area (TPSA) is 190 Å². The van der Waals surface area contributed by atoms with Gasteiger partial charge in [0.05, 0.1) is 6.42 Å². The van der Waals surface area contributed by atoms with Gasteiger partial charge in [-0.25, -0.2) is 4.79 Å². The minimum atomic E-state index is -1.77. The lowest BCUT2D eigenvalue weighted by Gasteiger charge is -2.28. The molecule has 5 amide bonds. The van der Waals surface area contributed by atoms with Gasteiger partial charge in [0, 0.05) is 37.4 Å². The van der Waals surface area contributed by atoms with Crippen LogP contribution in [0.5, 0.6) is 0 Å². The lowest BCUT2D eigenvalue weighted by atomic mass is 9.94. The van der Waals surface area contributed by atoms with Crippen LogP contribution in [0.1, 0.15) is 79.7 Å². The molecule has 1 aromatic rings. The van der Waals surface area contributed by atoms with E-state index in [-0.39, 0.29) is 41.2 Å². The predicted octanol–water partition coefficient (Wildman–Crippen LogP) is 2.69. The van der Waals surface area contributed by atoms with E-state index in [4.69, 9.17) is 0 Å². The van der Waals surface area contributed by atoms with Crippen LogP contribution >= 0.6 is 0 Å². The normalized spacial score (nSPS) is 14.0. The van der Waals surface area contributed by atoms with Crippen molar-refractivity contribution < 1.29 is 34.3 Å². The fourth-order valence-corrected chi connectivity index (χ4v) is 4.32. The number of hydrogen-bond donors (Lipinski definition) is 6. The number of hydrogen-bond acceptors (Lipinski definition) is 7. The summed E-state index contributed by atoms with van der Waals surface area (Å²) in [5.41, 5.74) is 0.759. The number of rotatable bonds is 18. The number of carboxylic acid groups (broad SMARTS) is 1. The highest BCUT2D eigenvalue weighted by atomic mass is 16.6. The Morgan fingerprint density at radius 3 is 2.00 bits per heavy atom. The Hall–Kier alpha value is -3.74. The Morgan fingerprint density at radius 2 is 1.47 bits per heavy atom. The third-order valence-corrected chi connectivity index (χ3v) is 6.84. The van der Waals surface area contributed by atoms with Crippen molar-refractivity contribution in [3.8, 4) is 0 Å². The Labute approximate surface area is 254 Å². The van der Waals surface area contributed by atoms with Crippen LogP contribution in [0.25, 0.3) is 0 Å². The Balaban J connectivity index is 2.87. The summed E-state index contributed by atoms with van der Waals surface area (Å²) >= 11 is 0. The van der Waals surface area contributed by atoms with Crippen LogP contribution in [0.2, 0.25) is 0 Å². The van der Waals surface area contributed by atoms with E-state index in [1.165, 1.54) is 0 Å². The standard InChI is InChI=1S/C30H50N6O7/c1-18(2)14-23(9-8-21(7)27(38)35-26(20(5)6)29(40)33-16-19(3)4)34-28(39)24(36(43)30(41)42)15-25(37)32-17-22-10-12-31-13-11-22/h10-13,18-21,23-24,26,43H,8-9,14-17H2,1-7H3,(H,32,37)(H,33,40)(H,34,39)(H,35,38)(H,41,42). The maximum atomic E-state index is 13.2. The van der Waals surface area contributed by atoms with Crippen molar-refractivity contribution in [2.24, 2.45) is 23.7 Å². The Bertz CT molecular complexity index is 1050. The monoisotopic (exact) mass is 606 g/mol. The number of nitrogens with one attached hydrogen (secondary N) is 4. The van der Waals surface area contributed by atoms with Gasteiger partial charge in [-0.05, 0) is 54.7 Å². The van der Waals surface area contributed by atoms with E-state index in [1.54, 1.807) is 31.5 Å². The van der Waals surface area contributed by atoms with Crippen LogP contribution in [0.4, 0.5) is 4.79 Å². The molecule has 4 unspecified atom stereocenters. The van der Waals surface area contributed by atoms with Gasteiger partial charge < -0.3 is 26.4 Å². The lowest BCUT2D eigenvalue weighted by molar-refractivity contribution is -0.149. The van der Waals surface area contributed by atoms with Crippen molar-refractivity contribution in [3.63, 3.8) is 0 Å². The molecule has 4 atom stereocenters. The molecule has 13 heteroatoms. The maximum absolute atomic E-state index is 13.2. The van der Waals surface area contributed by atoms with Crippen molar-refractivity contribution in [1.82, 2.24) is 31.3 Å². The van der Waals surface area contributed by atoms with Gasteiger partial charge in [-0.2, -0.15) is 5.06 Å². The predicted molar refractivity (Wildman–Crippen MR) is 161 cm³/mol. The van der Waals surface area contributed by atoms with Gasteiger partial charge in [-0.15, -0.1) is 0 Å². The lowest BCUT2D eigenvalue weighted by Crippen LogP contribution is -2.52. The van der Waals surface area contributed by atoms with E-state index < -0.39 is 48.4 Å². The minimum Gasteiger partial charge on any atom is -0.463 e. The fourth-order valence-electron chi connectivity index (χ4n) is 4.32. The zero-order chi connectivity index (χ0) is 32.7. The van der Waals surface area contributed by atoms with Gasteiger partial charge in [0.15, 0.2) is 0 Å². The number of hydroxylamine groups is 2. The molecule has 0 bridgehead atoms. The first-order valence-electron chi connectivity index (χ1n) is 14.9. The molecule has 1 heterocycles. The summed E-state index contributed by atoms with van der Waals surface area (Å²) in [7, 11) is 0. The highest BCUT2D eigenvalue weighted by molar-refractivity contribution is 5.90. The molecule has 242 valence electrons. The van der Waals surface area contributed by atoms with Crippen LogP contribution in [-0.4, -0.2) is 74.8 Å². The second-order valence-corrected chi connectivity index (χ2v) is 12.2. The summed E-state index contributed by atoms with van der Waals surface area (Å²) in [6.45, 7) is 14.0. The number of carbonyl (C=O) groups excluding carboxylic acids is 4. The third kappa shape index (κ3) is 14.3. The second kappa shape index (κ2) is 18.7. The Kier molecular flexibility index (Phi) is 16.2. The molecule has 1 aromatic heterocycles. The molecule has 0 saturated heterocycles. The first kappa shape index (κ1) is 37.3. The van der Waals surface area contributed by atoms with E-state index >= 15 is 0 Å². The zero-order valence-corrected chi connectivity index (χ0v) is 26.4. The van der Waals surface area contributed by atoms with Gasteiger partial charge in [0.25, 0.3) is 0 Å². The summed E-state index contributed by atoms with van der Waals surface area (Å²) in [5, 5.41) is 30.4. The average molecular weight is 607 g/mol. The smallest absolute Gasteiger partial charge is 0.432 e. The molecule has 0 aromatic carbocycles. The van der Waals surface area contributed by atoms with Crippen LogP contribution in [0.3, 0.4) is 0 Å². The summed E-state index contributed by atoms with van der Waals surface area (Å²) < 4.78 is 0. The van der Waals surface area contributed by atoms with Crippen molar-refractivity contribution in [1.29, 1.82) is 0 Å². The van der Waals surface area contributed by atoms with Crippen LogP contribution in [0.15, 0.2) is 24.5 Å². The average Bonchev–Trinajstić information content (AvgIpc) is 2.94. The molecule has 0 aliphatic rings. The number of nitrogens with zero attached hydrogens (tertiary/aromatic N) is 2. The van der Waals surface area contributed by atoms with Crippen molar-refractivity contribution >= 4 is 29.7 Å². The van der Waals surface area contributed by atoms with Gasteiger partial charge in [-0.1, -0.05) is 48.5 Å². The number of pyridine rings is 1. The summed E-state index contributed by atoms with van der Waals surface area (Å²) in [4.78, 5) is 66.8. The molecule has 1 rings (SSSR count). The number of amides is 5. The van der Waals surface area contributed by atoms with Gasteiger partial charge in [0.1, 0.15) is 12.1 Å². The molecule has 0 radical (unpaired) electrons. The first-order chi connectivity index (χ1) is 20.1. The van der Waals surface area contributed by atoms with E-state index in [9.17, 15) is 34.3 Å². The second-order valence-electron chi connectivity index (χ2n) is 12.2. The molecule has 6 N–H and O–H groups in total. The van der Waals surface area contributed by atoms with Gasteiger partial charge in [-0.3, -0.25) is 29.4 Å². The summed E-state index contributed by atoms with van der Waals surface area (Å²) in [6, 6.07) is 0.575.